The number of ether oxygens (including phenoxy) is 6. The SMILES string of the molecule is CC1C(OC2C(CO)OC(OC3C(O)C(NC(=O)C(O)CCN)CC(N)C3OC3OC(CNCCO)C=CC3N)C2O)OC(CN)C(O)C1O. The van der Waals surface area contributed by atoms with Crippen LogP contribution in [0.2, 0.25) is 0 Å². The standard InChI is InChI=1S/C30H56N6O14/c1-12-20(40)22(42)18(9-32)46-28(12)49-25-19(11-38)47-30(23(25)43)50-26-21(41)16(36-27(44)17(39)4-5-31)8-15(34)24(26)48-29-14(33)3-2-13(45-29)10-35-6-7-37/h2-3,12-26,28-30,35,37-43H,4-11,31-34H2,1H3,(H,36,44). The number of rotatable bonds is 16. The summed E-state index contributed by atoms with van der Waals surface area (Å²) in [6.45, 7) is 1.43. The lowest BCUT2D eigenvalue weighted by Crippen LogP contribution is -2.67. The van der Waals surface area contributed by atoms with Crippen LogP contribution in [0.1, 0.15) is 19.8 Å². The summed E-state index contributed by atoms with van der Waals surface area (Å²) >= 11 is 0. The molecule has 0 aromatic carbocycles. The molecule has 0 aromatic rings. The van der Waals surface area contributed by atoms with E-state index in [1.54, 1.807) is 19.1 Å². The van der Waals surface area contributed by atoms with E-state index in [2.05, 4.69) is 10.6 Å². The van der Waals surface area contributed by atoms with Gasteiger partial charge >= 0.3 is 0 Å². The number of amides is 1. The van der Waals surface area contributed by atoms with Crippen LogP contribution in [0, 0.1) is 5.92 Å². The van der Waals surface area contributed by atoms with E-state index < -0.39 is 123 Å². The number of carbonyl (C=O) groups excluding carboxylic acids is 1. The maximum absolute atomic E-state index is 12.7. The van der Waals surface area contributed by atoms with Gasteiger partial charge in [0.2, 0.25) is 5.91 Å². The van der Waals surface area contributed by atoms with Crippen molar-refractivity contribution in [2.45, 2.75) is 124 Å². The molecule has 0 aromatic heterocycles. The summed E-state index contributed by atoms with van der Waals surface area (Å²) < 4.78 is 36.0. The van der Waals surface area contributed by atoms with Crippen LogP contribution in [-0.2, 0) is 33.2 Å². The van der Waals surface area contributed by atoms with E-state index in [0.717, 1.165) is 0 Å². The zero-order valence-electron chi connectivity index (χ0n) is 28.0. The third kappa shape index (κ3) is 9.72. The van der Waals surface area contributed by atoms with Crippen molar-refractivity contribution < 1.29 is 69.0 Å². The van der Waals surface area contributed by atoms with Gasteiger partial charge in [-0.1, -0.05) is 19.1 Å². The molecule has 4 rings (SSSR count). The van der Waals surface area contributed by atoms with Crippen molar-refractivity contribution in [2.24, 2.45) is 28.9 Å². The minimum absolute atomic E-state index is 0.0253. The molecule has 20 heteroatoms. The van der Waals surface area contributed by atoms with Crippen LogP contribution in [0.5, 0.6) is 0 Å². The lowest BCUT2D eigenvalue weighted by molar-refractivity contribution is -0.296. The monoisotopic (exact) mass is 724 g/mol. The lowest BCUT2D eigenvalue weighted by Gasteiger charge is -2.46. The van der Waals surface area contributed by atoms with Crippen molar-refractivity contribution in [1.29, 1.82) is 0 Å². The third-order valence-corrected chi connectivity index (χ3v) is 9.48. The Labute approximate surface area is 289 Å². The highest BCUT2D eigenvalue weighted by atomic mass is 16.8. The van der Waals surface area contributed by atoms with E-state index in [1.165, 1.54) is 0 Å². The fourth-order valence-corrected chi connectivity index (χ4v) is 6.51. The third-order valence-electron chi connectivity index (χ3n) is 9.48. The summed E-state index contributed by atoms with van der Waals surface area (Å²) in [5.41, 5.74) is 24.0. The second-order valence-corrected chi connectivity index (χ2v) is 13.2. The Kier molecular flexibility index (Phi) is 15.7. The second-order valence-electron chi connectivity index (χ2n) is 13.2. The highest BCUT2D eigenvalue weighted by Crippen LogP contribution is 2.35. The maximum Gasteiger partial charge on any atom is 0.249 e. The van der Waals surface area contributed by atoms with Gasteiger partial charge in [-0.25, -0.2) is 0 Å². The first kappa shape index (κ1) is 41.2. The molecule has 0 bridgehead atoms. The molecular formula is C30H56N6O14. The molecule has 18 atom stereocenters. The molecule has 0 radical (unpaired) electrons. The smallest absolute Gasteiger partial charge is 0.249 e. The Morgan fingerprint density at radius 1 is 0.880 bits per heavy atom. The number of carbonyl (C=O) groups is 1. The molecule has 0 spiro atoms. The predicted molar refractivity (Wildman–Crippen MR) is 171 cm³/mol. The van der Waals surface area contributed by atoms with Gasteiger partial charge in [0.15, 0.2) is 18.9 Å². The zero-order valence-corrected chi connectivity index (χ0v) is 28.0. The van der Waals surface area contributed by atoms with E-state index >= 15 is 0 Å². The van der Waals surface area contributed by atoms with Gasteiger partial charge in [-0.15, -0.1) is 0 Å². The van der Waals surface area contributed by atoms with E-state index in [1.807, 2.05) is 0 Å². The lowest BCUT2D eigenvalue weighted by atomic mass is 9.83. The van der Waals surface area contributed by atoms with Gasteiger partial charge in [0.05, 0.1) is 37.5 Å². The van der Waals surface area contributed by atoms with E-state index in [9.17, 15) is 35.4 Å². The molecule has 1 amide bonds. The average molecular weight is 725 g/mol. The molecule has 290 valence electrons. The van der Waals surface area contributed by atoms with Crippen molar-refractivity contribution in [1.82, 2.24) is 10.6 Å². The van der Waals surface area contributed by atoms with Crippen molar-refractivity contribution in [3.05, 3.63) is 12.2 Å². The second kappa shape index (κ2) is 19.0. The molecule has 3 heterocycles. The Morgan fingerprint density at radius 2 is 1.56 bits per heavy atom. The summed E-state index contributed by atoms with van der Waals surface area (Å²) in [5.74, 6) is -1.56. The quantitative estimate of drug-likeness (QED) is 0.0519. The Morgan fingerprint density at radius 3 is 2.22 bits per heavy atom. The topological polar surface area (TPSA) is 342 Å². The number of aliphatic hydroxyl groups is 7. The van der Waals surface area contributed by atoms with E-state index in [-0.39, 0.29) is 32.5 Å². The van der Waals surface area contributed by atoms with Gasteiger partial charge in [-0.2, -0.15) is 0 Å². The summed E-state index contributed by atoms with van der Waals surface area (Å²) in [6.07, 6.45) is -14.0. The Hall–Kier alpha value is -1.51. The number of nitrogens with two attached hydrogens (primary N) is 4. The first-order valence-electron chi connectivity index (χ1n) is 17.0. The number of nitrogens with one attached hydrogen (secondary N) is 2. The minimum Gasteiger partial charge on any atom is -0.395 e. The summed E-state index contributed by atoms with van der Waals surface area (Å²) in [6, 6.07) is -2.74. The molecular weight excluding hydrogens is 668 g/mol. The van der Waals surface area contributed by atoms with Crippen LogP contribution in [-0.4, -0.2) is 185 Å². The molecule has 18 unspecified atom stereocenters. The number of hydrogen-bond acceptors (Lipinski definition) is 19. The van der Waals surface area contributed by atoms with E-state index in [0.29, 0.717) is 13.1 Å². The fourth-order valence-electron chi connectivity index (χ4n) is 6.51. The van der Waals surface area contributed by atoms with Crippen molar-refractivity contribution in [3.63, 3.8) is 0 Å². The Bertz CT molecular complexity index is 1080. The molecule has 1 saturated carbocycles. The van der Waals surface area contributed by atoms with Crippen LogP contribution in [0.4, 0.5) is 0 Å². The first-order chi connectivity index (χ1) is 23.8. The zero-order chi connectivity index (χ0) is 36.7. The van der Waals surface area contributed by atoms with Crippen LogP contribution in [0.25, 0.3) is 0 Å². The summed E-state index contributed by atoms with van der Waals surface area (Å²) in [4.78, 5) is 12.7. The van der Waals surface area contributed by atoms with Gasteiger partial charge in [-0.3, -0.25) is 4.79 Å². The fraction of sp³-hybridized carbons (Fsp3) is 0.900. The van der Waals surface area contributed by atoms with Gasteiger partial charge < -0.3 is 97.7 Å². The molecule has 3 aliphatic heterocycles. The number of aliphatic hydroxyl groups excluding tert-OH is 7. The van der Waals surface area contributed by atoms with Gasteiger partial charge in [0.25, 0.3) is 0 Å². The van der Waals surface area contributed by atoms with Crippen LogP contribution < -0.4 is 33.6 Å². The molecule has 3 fully saturated rings. The molecule has 2 saturated heterocycles. The summed E-state index contributed by atoms with van der Waals surface area (Å²) in [7, 11) is 0. The van der Waals surface area contributed by atoms with Gasteiger partial charge in [0.1, 0.15) is 54.9 Å². The molecule has 20 nitrogen and oxygen atoms in total. The van der Waals surface area contributed by atoms with Crippen LogP contribution in [0.15, 0.2) is 12.2 Å². The van der Waals surface area contributed by atoms with Gasteiger partial charge in [0, 0.05) is 31.6 Å². The van der Waals surface area contributed by atoms with Crippen LogP contribution >= 0.6 is 0 Å². The minimum atomic E-state index is -1.60. The van der Waals surface area contributed by atoms with Crippen molar-refractivity contribution >= 4 is 5.91 Å². The van der Waals surface area contributed by atoms with Gasteiger partial charge in [-0.05, 0) is 19.4 Å². The van der Waals surface area contributed by atoms with E-state index in [4.69, 9.17) is 56.5 Å². The predicted octanol–water partition coefficient (Wildman–Crippen LogP) is -7.26. The van der Waals surface area contributed by atoms with Crippen molar-refractivity contribution in [3.8, 4) is 0 Å². The first-order valence-corrected chi connectivity index (χ1v) is 17.0. The van der Waals surface area contributed by atoms with Crippen LogP contribution in [0.3, 0.4) is 0 Å². The molecule has 1 aliphatic carbocycles. The highest BCUT2D eigenvalue weighted by Gasteiger charge is 2.54. The van der Waals surface area contributed by atoms with Crippen molar-refractivity contribution in [2.75, 3.05) is 39.4 Å². The molecule has 17 N–H and O–H groups in total. The summed E-state index contributed by atoms with van der Waals surface area (Å²) in [5, 5.41) is 78.8. The molecule has 50 heavy (non-hydrogen) atoms. The number of hydrogen-bond donors (Lipinski definition) is 13. The normalized spacial score (nSPS) is 44.3. The largest absolute Gasteiger partial charge is 0.395 e. The average Bonchev–Trinajstić information content (AvgIpc) is 3.39. The highest BCUT2D eigenvalue weighted by molar-refractivity contribution is 5.80. The maximum atomic E-state index is 12.7. The molecule has 4 aliphatic rings. The Balaban J connectivity index is 1.54.